The molecule has 0 aromatic rings. The van der Waals surface area contributed by atoms with Gasteiger partial charge in [-0.1, -0.05) is 0 Å². The van der Waals surface area contributed by atoms with E-state index in [4.69, 9.17) is 0 Å². The van der Waals surface area contributed by atoms with Crippen molar-refractivity contribution in [1.82, 2.24) is 0 Å². The minimum atomic E-state index is -5.57. The van der Waals surface area contributed by atoms with Crippen molar-refractivity contribution in [2.45, 2.75) is 19.4 Å². The van der Waals surface area contributed by atoms with E-state index in [0.29, 0.717) is 0 Å². The van der Waals surface area contributed by atoms with Gasteiger partial charge in [0.1, 0.15) is 14.1 Å². The summed E-state index contributed by atoms with van der Waals surface area (Å²) in [6, 6.07) is 0. The van der Waals surface area contributed by atoms with Gasteiger partial charge in [0.25, 0.3) is 0 Å². The first-order chi connectivity index (χ1) is 6.49. The molecular weight excluding hydrogens is 235 g/mol. The third kappa shape index (κ3) is 3.69. The second kappa shape index (κ2) is 4.38. The van der Waals surface area contributed by atoms with Crippen LogP contribution in [-0.4, -0.2) is 38.5 Å². The smallest absolute Gasteiger partial charge is 0.320 e. The zero-order valence-corrected chi connectivity index (χ0v) is 9.61. The van der Waals surface area contributed by atoms with Gasteiger partial charge in [0.05, 0.1) is 5.92 Å². The predicted molar refractivity (Wildman–Crippen MR) is 48.0 cm³/mol. The molecule has 0 aliphatic carbocycles. The lowest BCUT2D eigenvalue weighted by Crippen LogP contribution is -2.33. The summed E-state index contributed by atoms with van der Waals surface area (Å²) in [5.41, 5.74) is -5.40. The van der Waals surface area contributed by atoms with Crippen molar-refractivity contribution in [2.75, 3.05) is 14.1 Å². The minimum absolute atomic E-state index is 0.257. The molecule has 0 radical (unpaired) electrons. The molecule has 0 bridgehead atoms. The predicted octanol–water partition coefficient (Wildman–Crippen LogP) is 1.18. The van der Waals surface area contributed by atoms with Gasteiger partial charge in [0.15, 0.2) is 0 Å². The van der Waals surface area contributed by atoms with Gasteiger partial charge in [-0.15, -0.1) is 0 Å². The van der Waals surface area contributed by atoms with Gasteiger partial charge < -0.3 is 4.18 Å². The van der Waals surface area contributed by atoms with E-state index in [-0.39, 0.29) is 5.90 Å². The standard InChI is InChI=1S/C7H13F3NO3S/c1-5(2)6(11(3)4)14-15(12,13)7(8,9)10/h5H,1-4H3/q+1. The molecule has 0 saturated carbocycles. The van der Waals surface area contributed by atoms with E-state index in [0.717, 1.165) is 0 Å². The highest BCUT2D eigenvalue weighted by atomic mass is 32.2. The van der Waals surface area contributed by atoms with Crippen LogP contribution in [0.4, 0.5) is 13.2 Å². The van der Waals surface area contributed by atoms with Gasteiger partial charge in [0.2, 0.25) is 0 Å². The summed E-state index contributed by atoms with van der Waals surface area (Å²) in [4.78, 5) is 0. The van der Waals surface area contributed by atoms with Gasteiger partial charge >= 0.3 is 21.5 Å². The van der Waals surface area contributed by atoms with E-state index >= 15 is 0 Å². The summed E-state index contributed by atoms with van der Waals surface area (Å²) in [5, 5.41) is 0. The summed E-state index contributed by atoms with van der Waals surface area (Å²) in [6.07, 6.45) is 0. The Kier molecular flexibility index (Phi) is 4.15. The Labute approximate surface area is 86.5 Å². The highest BCUT2D eigenvalue weighted by Crippen LogP contribution is 2.25. The first-order valence-electron chi connectivity index (χ1n) is 4.04. The number of hydrogen-bond acceptors (Lipinski definition) is 3. The largest absolute Gasteiger partial charge is 0.534 e. The van der Waals surface area contributed by atoms with E-state index in [1.54, 1.807) is 0 Å². The van der Waals surface area contributed by atoms with E-state index in [1.807, 2.05) is 0 Å². The van der Waals surface area contributed by atoms with Gasteiger partial charge in [-0.05, 0) is 13.8 Å². The lowest BCUT2D eigenvalue weighted by Gasteiger charge is -2.11. The Hall–Kier alpha value is -0.790. The molecular formula is C7H13F3NO3S+. The fourth-order valence-corrected chi connectivity index (χ4v) is 1.51. The Morgan fingerprint density at radius 1 is 1.27 bits per heavy atom. The van der Waals surface area contributed by atoms with Crippen molar-refractivity contribution in [3.63, 3.8) is 0 Å². The molecule has 8 heteroatoms. The van der Waals surface area contributed by atoms with Crippen LogP contribution in [0.15, 0.2) is 0 Å². The zero-order chi connectivity index (χ0) is 12.4. The highest BCUT2D eigenvalue weighted by Gasteiger charge is 2.50. The molecule has 0 aromatic heterocycles. The number of nitrogens with zero attached hydrogens (tertiary/aromatic N) is 1. The molecule has 4 nitrogen and oxygen atoms in total. The van der Waals surface area contributed by atoms with Crippen molar-refractivity contribution in [1.29, 1.82) is 0 Å². The van der Waals surface area contributed by atoms with Crippen molar-refractivity contribution in [2.24, 2.45) is 5.92 Å². The van der Waals surface area contributed by atoms with E-state index < -0.39 is 21.5 Å². The van der Waals surface area contributed by atoms with E-state index in [1.165, 1.54) is 32.5 Å². The number of rotatable bonds is 2. The second-order valence-electron chi connectivity index (χ2n) is 3.37. The zero-order valence-electron chi connectivity index (χ0n) is 8.79. The van der Waals surface area contributed by atoms with Crippen LogP contribution in [0, 0.1) is 5.92 Å². The Balaban J connectivity index is 5.13. The molecule has 15 heavy (non-hydrogen) atoms. The lowest BCUT2D eigenvalue weighted by atomic mass is 10.2. The Morgan fingerprint density at radius 2 is 1.67 bits per heavy atom. The summed E-state index contributed by atoms with van der Waals surface area (Å²) >= 11 is 0. The van der Waals surface area contributed by atoms with Crippen LogP contribution in [0.2, 0.25) is 0 Å². The first kappa shape index (κ1) is 14.2. The first-order valence-corrected chi connectivity index (χ1v) is 5.44. The lowest BCUT2D eigenvalue weighted by molar-refractivity contribution is -0.474. The van der Waals surface area contributed by atoms with Crippen LogP contribution in [0.25, 0.3) is 0 Å². The molecule has 0 heterocycles. The summed E-state index contributed by atoms with van der Waals surface area (Å²) < 4.78 is 62.5. The van der Waals surface area contributed by atoms with Crippen molar-refractivity contribution in [3.8, 4) is 0 Å². The van der Waals surface area contributed by atoms with Crippen molar-refractivity contribution >= 4 is 16.0 Å². The second-order valence-corrected chi connectivity index (χ2v) is 4.91. The molecule has 0 saturated heterocycles. The maximum absolute atomic E-state index is 12.0. The van der Waals surface area contributed by atoms with Crippen LogP contribution in [0.3, 0.4) is 0 Å². The molecule has 0 rings (SSSR count). The molecule has 0 aliphatic heterocycles. The van der Waals surface area contributed by atoms with E-state index in [2.05, 4.69) is 4.18 Å². The molecule has 0 amide bonds. The average Bonchev–Trinajstić information content (AvgIpc) is 1.96. The minimum Gasteiger partial charge on any atom is -0.320 e. The maximum Gasteiger partial charge on any atom is 0.534 e. The van der Waals surface area contributed by atoms with E-state index in [9.17, 15) is 21.6 Å². The van der Waals surface area contributed by atoms with Gasteiger partial charge in [-0.3, -0.25) is 0 Å². The molecule has 90 valence electrons. The number of alkyl halides is 3. The Morgan fingerprint density at radius 3 is 1.87 bits per heavy atom. The van der Waals surface area contributed by atoms with Crippen LogP contribution in [0.1, 0.15) is 13.8 Å². The highest BCUT2D eigenvalue weighted by molar-refractivity contribution is 7.88. The monoisotopic (exact) mass is 248 g/mol. The van der Waals surface area contributed by atoms with Crippen molar-refractivity contribution < 1.29 is 30.3 Å². The molecule has 0 atom stereocenters. The van der Waals surface area contributed by atoms with Crippen LogP contribution < -0.4 is 0 Å². The normalized spacial score (nSPS) is 12.8. The molecule has 0 aliphatic rings. The number of halogens is 3. The topological polar surface area (TPSA) is 46.4 Å². The summed E-state index contributed by atoms with van der Waals surface area (Å²) in [7, 11) is -2.76. The van der Waals surface area contributed by atoms with Crippen LogP contribution in [-0.2, 0) is 14.3 Å². The average molecular weight is 248 g/mol. The van der Waals surface area contributed by atoms with Gasteiger partial charge in [0, 0.05) is 0 Å². The quantitative estimate of drug-likeness (QED) is 0.242. The third-order valence-corrected chi connectivity index (χ3v) is 2.37. The Bertz CT molecular complexity index is 352. The maximum atomic E-state index is 12.0. The fourth-order valence-electron chi connectivity index (χ4n) is 0.847. The third-order valence-electron chi connectivity index (χ3n) is 1.41. The fraction of sp³-hybridized carbons (Fsp3) is 0.857. The van der Waals surface area contributed by atoms with Crippen LogP contribution >= 0.6 is 0 Å². The summed E-state index contributed by atoms with van der Waals surface area (Å²) in [5.74, 6) is -0.718. The SMILES string of the molecule is CC(C)C(OS(=O)(=O)C(F)(F)F)=[N+](C)C. The van der Waals surface area contributed by atoms with Crippen LogP contribution in [0.5, 0.6) is 0 Å². The number of hydrogen-bond donors (Lipinski definition) is 0. The summed E-state index contributed by atoms with van der Waals surface area (Å²) in [6.45, 7) is 3.06. The molecule has 0 spiro atoms. The molecule has 0 aromatic carbocycles. The molecule has 0 fully saturated rings. The van der Waals surface area contributed by atoms with Gasteiger partial charge in [-0.2, -0.15) is 21.6 Å². The molecule has 0 unspecified atom stereocenters. The van der Waals surface area contributed by atoms with Crippen molar-refractivity contribution in [3.05, 3.63) is 0 Å². The van der Waals surface area contributed by atoms with Gasteiger partial charge in [-0.25, -0.2) is 4.58 Å². The molecule has 0 N–H and O–H groups in total.